The van der Waals surface area contributed by atoms with Gasteiger partial charge in [-0.25, -0.2) is 4.79 Å². The van der Waals surface area contributed by atoms with Crippen molar-refractivity contribution in [1.29, 1.82) is 0 Å². The van der Waals surface area contributed by atoms with Gasteiger partial charge in [-0.2, -0.15) is 0 Å². The van der Waals surface area contributed by atoms with Crippen LogP contribution in [0.1, 0.15) is 10.4 Å². The number of nitrogens with one attached hydrogen (secondary N) is 1. The molecular formula is C21H17NO5. The molecule has 0 saturated carbocycles. The lowest BCUT2D eigenvalue weighted by Crippen LogP contribution is -2.23. The predicted molar refractivity (Wildman–Crippen MR) is 101 cm³/mol. The lowest BCUT2D eigenvalue weighted by atomic mass is 10.1. The van der Waals surface area contributed by atoms with Crippen LogP contribution in [0.25, 0.3) is 10.8 Å². The molecule has 0 atom stereocenters. The Morgan fingerprint density at radius 2 is 1.63 bits per heavy atom. The van der Waals surface area contributed by atoms with E-state index in [1.54, 1.807) is 30.3 Å². The van der Waals surface area contributed by atoms with Crippen molar-refractivity contribution in [2.24, 2.45) is 0 Å². The first kappa shape index (κ1) is 18.1. The Balaban J connectivity index is 1.48. The minimum absolute atomic E-state index is 0.331. The van der Waals surface area contributed by atoms with Crippen LogP contribution in [-0.2, 0) is 14.3 Å². The number of rotatable bonds is 7. The van der Waals surface area contributed by atoms with Crippen LogP contribution in [-0.4, -0.2) is 31.4 Å². The van der Waals surface area contributed by atoms with E-state index in [-0.39, 0.29) is 6.61 Å². The van der Waals surface area contributed by atoms with E-state index < -0.39 is 18.5 Å². The topological polar surface area (TPSA) is 81.7 Å². The maximum Gasteiger partial charge on any atom is 0.344 e. The normalized spacial score (nSPS) is 10.2. The first-order chi connectivity index (χ1) is 13.2. The lowest BCUT2D eigenvalue weighted by molar-refractivity contribution is -0.149. The number of hydrogen-bond acceptors (Lipinski definition) is 5. The van der Waals surface area contributed by atoms with Crippen LogP contribution in [0.4, 0.5) is 5.69 Å². The van der Waals surface area contributed by atoms with Gasteiger partial charge in [-0.05, 0) is 35.7 Å². The summed E-state index contributed by atoms with van der Waals surface area (Å²) in [7, 11) is 0. The number of fused-ring (bicyclic) bond motifs is 1. The molecular weight excluding hydrogens is 346 g/mol. The van der Waals surface area contributed by atoms with Crippen molar-refractivity contribution in [2.45, 2.75) is 0 Å². The van der Waals surface area contributed by atoms with Gasteiger partial charge in [0.25, 0.3) is 5.91 Å². The molecule has 3 aromatic carbocycles. The molecule has 0 radical (unpaired) electrons. The molecule has 0 heterocycles. The second-order valence-corrected chi connectivity index (χ2v) is 5.71. The number of esters is 1. The highest BCUT2D eigenvalue weighted by atomic mass is 16.6. The largest absolute Gasteiger partial charge is 0.482 e. The van der Waals surface area contributed by atoms with E-state index in [0.717, 1.165) is 10.8 Å². The summed E-state index contributed by atoms with van der Waals surface area (Å²) in [6.07, 6.45) is 0.715. The fourth-order valence-corrected chi connectivity index (χ4v) is 2.49. The maximum atomic E-state index is 12.0. The van der Waals surface area contributed by atoms with E-state index >= 15 is 0 Å². The molecule has 27 heavy (non-hydrogen) atoms. The molecule has 136 valence electrons. The van der Waals surface area contributed by atoms with Gasteiger partial charge in [-0.15, -0.1) is 0 Å². The van der Waals surface area contributed by atoms with E-state index in [0.29, 0.717) is 23.3 Å². The molecule has 6 heteroatoms. The van der Waals surface area contributed by atoms with Gasteiger partial charge in [0.2, 0.25) is 0 Å². The van der Waals surface area contributed by atoms with Crippen molar-refractivity contribution in [1.82, 2.24) is 0 Å². The standard InChI is InChI=1S/C21H17NO5/c23-12-15-8-10-17(11-9-15)26-14-21(25)27-13-20(24)22-19-7-3-5-16-4-1-2-6-18(16)19/h1-12H,13-14H2,(H,22,24). The molecule has 0 bridgehead atoms. The molecule has 0 spiro atoms. The van der Waals surface area contributed by atoms with Crippen LogP contribution in [0.15, 0.2) is 66.7 Å². The smallest absolute Gasteiger partial charge is 0.344 e. The maximum absolute atomic E-state index is 12.0. The van der Waals surface area contributed by atoms with Crippen molar-refractivity contribution >= 4 is 34.6 Å². The highest BCUT2D eigenvalue weighted by Gasteiger charge is 2.10. The predicted octanol–water partition coefficient (Wildman–Crippen LogP) is 3.21. The number of carbonyl (C=O) groups excluding carboxylic acids is 3. The molecule has 6 nitrogen and oxygen atoms in total. The zero-order chi connectivity index (χ0) is 19.1. The SMILES string of the molecule is O=Cc1ccc(OCC(=O)OCC(=O)Nc2cccc3ccccc23)cc1. The molecule has 0 unspecified atom stereocenters. The molecule has 0 aromatic heterocycles. The summed E-state index contributed by atoms with van der Waals surface area (Å²) in [5.41, 5.74) is 1.16. The van der Waals surface area contributed by atoms with Gasteiger partial charge >= 0.3 is 5.97 Å². The van der Waals surface area contributed by atoms with Crippen LogP contribution in [0.3, 0.4) is 0 Å². The van der Waals surface area contributed by atoms with Crippen molar-refractivity contribution < 1.29 is 23.9 Å². The number of anilines is 1. The Morgan fingerprint density at radius 3 is 2.41 bits per heavy atom. The Labute approximate surface area is 155 Å². The van der Waals surface area contributed by atoms with Crippen LogP contribution in [0.2, 0.25) is 0 Å². The van der Waals surface area contributed by atoms with Gasteiger partial charge in [0.15, 0.2) is 13.2 Å². The molecule has 1 amide bonds. The quantitative estimate of drug-likeness (QED) is 0.515. The average molecular weight is 363 g/mol. The molecule has 0 saturated heterocycles. The van der Waals surface area contributed by atoms with Crippen LogP contribution in [0.5, 0.6) is 5.75 Å². The minimum Gasteiger partial charge on any atom is -0.482 e. The number of aldehydes is 1. The molecule has 3 rings (SSSR count). The summed E-state index contributed by atoms with van der Waals surface area (Å²) in [5.74, 6) is -0.671. The first-order valence-electron chi connectivity index (χ1n) is 8.27. The second kappa shape index (κ2) is 8.62. The number of amides is 1. The number of benzene rings is 3. The zero-order valence-electron chi connectivity index (χ0n) is 14.4. The van der Waals surface area contributed by atoms with Gasteiger partial charge in [0.1, 0.15) is 12.0 Å². The van der Waals surface area contributed by atoms with Crippen molar-refractivity contribution in [3.63, 3.8) is 0 Å². The number of ether oxygens (including phenoxy) is 2. The molecule has 0 aliphatic carbocycles. The minimum atomic E-state index is -0.664. The van der Waals surface area contributed by atoms with E-state index in [1.165, 1.54) is 0 Å². The highest BCUT2D eigenvalue weighted by molar-refractivity contribution is 6.02. The third kappa shape index (κ3) is 4.92. The summed E-state index contributed by atoms with van der Waals surface area (Å²) >= 11 is 0. The second-order valence-electron chi connectivity index (χ2n) is 5.71. The van der Waals surface area contributed by atoms with Crippen molar-refractivity contribution in [3.8, 4) is 5.75 Å². The summed E-state index contributed by atoms with van der Waals surface area (Å²) in [6.45, 7) is -0.739. The third-order valence-corrected chi connectivity index (χ3v) is 3.80. The van der Waals surface area contributed by atoms with Crippen LogP contribution in [0, 0.1) is 0 Å². The van der Waals surface area contributed by atoms with Gasteiger partial charge in [-0.3, -0.25) is 9.59 Å². The molecule has 1 N–H and O–H groups in total. The molecule has 0 fully saturated rings. The molecule has 0 aliphatic heterocycles. The Kier molecular flexibility index (Phi) is 5.79. The Bertz CT molecular complexity index is 960. The summed E-state index contributed by atoms with van der Waals surface area (Å²) in [4.78, 5) is 34.4. The van der Waals surface area contributed by atoms with E-state index in [4.69, 9.17) is 9.47 Å². The van der Waals surface area contributed by atoms with Gasteiger partial charge < -0.3 is 14.8 Å². The number of carbonyl (C=O) groups is 3. The lowest BCUT2D eigenvalue weighted by Gasteiger charge is -2.10. The summed E-state index contributed by atoms with van der Waals surface area (Å²) in [6, 6.07) is 19.5. The number of hydrogen-bond donors (Lipinski definition) is 1. The summed E-state index contributed by atoms with van der Waals surface area (Å²) < 4.78 is 10.2. The monoisotopic (exact) mass is 363 g/mol. The molecule has 3 aromatic rings. The Hall–Kier alpha value is -3.67. The third-order valence-electron chi connectivity index (χ3n) is 3.80. The van der Waals surface area contributed by atoms with E-state index in [1.807, 2.05) is 36.4 Å². The fraction of sp³-hybridized carbons (Fsp3) is 0.0952. The van der Waals surface area contributed by atoms with Crippen LogP contribution >= 0.6 is 0 Å². The fourth-order valence-electron chi connectivity index (χ4n) is 2.49. The van der Waals surface area contributed by atoms with E-state index in [9.17, 15) is 14.4 Å². The first-order valence-corrected chi connectivity index (χ1v) is 8.27. The highest BCUT2D eigenvalue weighted by Crippen LogP contribution is 2.22. The van der Waals surface area contributed by atoms with Gasteiger partial charge in [0, 0.05) is 16.6 Å². The van der Waals surface area contributed by atoms with Gasteiger partial charge in [0.05, 0.1) is 0 Å². The summed E-state index contributed by atoms with van der Waals surface area (Å²) in [5, 5.41) is 4.64. The van der Waals surface area contributed by atoms with Gasteiger partial charge in [-0.1, -0.05) is 36.4 Å². The van der Waals surface area contributed by atoms with Crippen LogP contribution < -0.4 is 10.1 Å². The van der Waals surface area contributed by atoms with Crippen molar-refractivity contribution in [2.75, 3.05) is 18.5 Å². The average Bonchev–Trinajstić information content (AvgIpc) is 2.71. The Morgan fingerprint density at radius 1 is 0.889 bits per heavy atom. The van der Waals surface area contributed by atoms with E-state index in [2.05, 4.69) is 5.32 Å². The zero-order valence-corrected chi connectivity index (χ0v) is 14.4. The molecule has 0 aliphatic rings. The van der Waals surface area contributed by atoms with Crippen molar-refractivity contribution in [3.05, 3.63) is 72.3 Å².